The van der Waals surface area contributed by atoms with E-state index in [1.807, 2.05) is 0 Å². The molecule has 0 radical (unpaired) electrons. The maximum absolute atomic E-state index is 11.9. The Kier molecular flexibility index (Phi) is 5.73. The summed E-state index contributed by atoms with van der Waals surface area (Å²) in [6.45, 7) is 1.91. The molecular weight excluding hydrogens is 312 g/mol. The van der Waals surface area contributed by atoms with E-state index in [0.717, 1.165) is 0 Å². The first-order valence-electron chi connectivity index (χ1n) is 7.31. The van der Waals surface area contributed by atoms with E-state index in [0.29, 0.717) is 11.3 Å². The van der Waals surface area contributed by atoms with Crippen LogP contribution in [-0.2, 0) is 9.53 Å². The van der Waals surface area contributed by atoms with Crippen LogP contribution in [0.2, 0.25) is 0 Å². The number of ether oxygens (including phenoxy) is 1. The van der Waals surface area contributed by atoms with Gasteiger partial charge in [0.05, 0.1) is 18.9 Å². The summed E-state index contributed by atoms with van der Waals surface area (Å²) in [5, 5.41) is 2.67. The maximum Gasteiger partial charge on any atom is 0.337 e. The third kappa shape index (κ3) is 4.22. The highest BCUT2D eigenvalue weighted by Gasteiger charge is 2.15. The van der Waals surface area contributed by atoms with Crippen molar-refractivity contribution in [2.75, 3.05) is 25.1 Å². The molecule has 0 aliphatic carbocycles. The number of anilines is 1. The Hall–Kier alpha value is -3.09. The van der Waals surface area contributed by atoms with Crippen LogP contribution in [0.25, 0.3) is 0 Å². The molecule has 126 valence electrons. The van der Waals surface area contributed by atoms with E-state index in [2.05, 4.69) is 10.1 Å². The summed E-state index contributed by atoms with van der Waals surface area (Å²) in [5.74, 6) is -0.834. The fourth-order valence-electron chi connectivity index (χ4n) is 2.16. The molecule has 0 bridgehead atoms. The molecule has 7 nitrogen and oxygen atoms in total. The Morgan fingerprint density at radius 1 is 1.21 bits per heavy atom. The topological polar surface area (TPSA) is 88.8 Å². The molecule has 0 saturated heterocycles. The molecule has 0 aliphatic rings. The number of carbonyl (C=O) groups is 3. The van der Waals surface area contributed by atoms with Crippen LogP contribution in [-0.4, -0.2) is 38.0 Å². The highest BCUT2D eigenvalue weighted by Crippen LogP contribution is 2.17. The van der Waals surface area contributed by atoms with Gasteiger partial charge in [0.1, 0.15) is 0 Å². The summed E-state index contributed by atoms with van der Waals surface area (Å²) in [4.78, 5) is 36.8. The molecule has 2 amide bonds. The van der Waals surface area contributed by atoms with Gasteiger partial charge in [-0.1, -0.05) is 6.07 Å². The lowest BCUT2D eigenvalue weighted by Gasteiger charge is -2.21. The molecule has 0 atom stereocenters. The van der Waals surface area contributed by atoms with E-state index < -0.39 is 5.97 Å². The fourth-order valence-corrected chi connectivity index (χ4v) is 2.16. The second-order valence-corrected chi connectivity index (χ2v) is 4.95. The highest BCUT2D eigenvalue weighted by molar-refractivity contribution is 5.95. The minimum absolute atomic E-state index is 0.204. The molecule has 1 aromatic carbocycles. The molecule has 0 spiro atoms. The van der Waals surface area contributed by atoms with Crippen molar-refractivity contribution in [1.82, 2.24) is 5.32 Å². The van der Waals surface area contributed by atoms with Crippen LogP contribution in [0.15, 0.2) is 47.1 Å². The van der Waals surface area contributed by atoms with Crippen molar-refractivity contribution in [2.24, 2.45) is 0 Å². The van der Waals surface area contributed by atoms with E-state index in [9.17, 15) is 14.4 Å². The van der Waals surface area contributed by atoms with Crippen LogP contribution < -0.4 is 10.2 Å². The SMILES string of the molecule is COC(=O)c1cccc(N(CCNC(=O)c2ccco2)C(C)=O)c1. The average molecular weight is 330 g/mol. The third-order valence-corrected chi connectivity index (χ3v) is 3.32. The minimum atomic E-state index is -0.480. The first-order chi connectivity index (χ1) is 11.5. The zero-order valence-corrected chi connectivity index (χ0v) is 13.4. The van der Waals surface area contributed by atoms with E-state index in [1.165, 1.54) is 25.2 Å². The molecule has 2 aromatic rings. The number of methoxy groups -OCH3 is 1. The second-order valence-electron chi connectivity index (χ2n) is 4.95. The van der Waals surface area contributed by atoms with Crippen LogP contribution in [0.3, 0.4) is 0 Å². The Morgan fingerprint density at radius 3 is 2.62 bits per heavy atom. The number of rotatable bonds is 6. The summed E-state index contributed by atoms with van der Waals surface area (Å²) in [7, 11) is 1.29. The van der Waals surface area contributed by atoms with Gasteiger partial charge in [-0.25, -0.2) is 4.79 Å². The van der Waals surface area contributed by atoms with Crippen molar-refractivity contribution < 1.29 is 23.5 Å². The van der Waals surface area contributed by atoms with Gasteiger partial charge < -0.3 is 19.4 Å². The molecule has 0 fully saturated rings. The molecule has 1 aromatic heterocycles. The van der Waals surface area contributed by atoms with Crippen molar-refractivity contribution in [3.8, 4) is 0 Å². The Bertz CT molecular complexity index is 724. The van der Waals surface area contributed by atoms with Gasteiger partial charge in [-0.15, -0.1) is 0 Å². The van der Waals surface area contributed by atoms with Gasteiger partial charge in [0.15, 0.2) is 5.76 Å². The van der Waals surface area contributed by atoms with Crippen LogP contribution >= 0.6 is 0 Å². The van der Waals surface area contributed by atoms with Crippen LogP contribution in [0, 0.1) is 0 Å². The number of nitrogens with one attached hydrogen (secondary N) is 1. The van der Waals surface area contributed by atoms with E-state index >= 15 is 0 Å². The van der Waals surface area contributed by atoms with E-state index in [4.69, 9.17) is 4.42 Å². The van der Waals surface area contributed by atoms with Gasteiger partial charge in [0.2, 0.25) is 5.91 Å². The van der Waals surface area contributed by atoms with Crippen molar-refractivity contribution in [2.45, 2.75) is 6.92 Å². The predicted octanol–water partition coefficient (Wildman–Crippen LogP) is 1.85. The third-order valence-electron chi connectivity index (χ3n) is 3.32. The molecule has 7 heteroatoms. The standard InChI is InChI=1S/C17H18N2O5/c1-12(20)19(9-8-18-16(21)15-7-4-10-24-15)14-6-3-5-13(11-14)17(22)23-2/h3-7,10-11H,8-9H2,1-2H3,(H,18,21). The summed E-state index contributed by atoms with van der Waals surface area (Å²) in [5.41, 5.74) is 0.901. The quantitative estimate of drug-likeness (QED) is 0.817. The second kappa shape index (κ2) is 7.96. The number of furan rings is 1. The molecule has 1 heterocycles. The van der Waals surface area contributed by atoms with Crippen molar-refractivity contribution in [1.29, 1.82) is 0 Å². The number of hydrogen-bond acceptors (Lipinski definition) is 5. The highest BCUT2D eigenvalue weighted by atomic mass is 16.5. The largest absolute Gasteiger partial charge is 0.465 e. The number of carbonyl (C=O) groups excluding carboxylic acids is 3. The van der Waals surface area contributed by atoms with Crippen LogP contribution in [0.4, 0.5) is 5.69 Å². The Balaban J connectivity index is 2.03. The average Bonchev–Trinajstić information content (AvgIpc) is 3.12. The first-order valence-corrected chi connectivity index (χ1v) is 7.31. The van der Waals surface area contributed by atoms with Gasteiger partial charge in [-0.05, 0) is 30.3 Å². The number of hydrogen-bond donors (Lipinski definition) is 1. The zero-order valence-electron chi connectivity index (χ0n) is 13.4. The lowest BCUT2D eigenvalue weighted by atomic mass is 10.2. The monoisotopic (exact) mass is 330 g/mol. The summed E-state index contributed by atoms with van der Waals surface area (Å²) < 4.78 is 9.67. The molecular formula is C17H18N2O5. The molecule has 1 N–H and O–H groups in total. The van der Waals surface area contributed by atoms with Gasteiger partial charge in [-0.3, -0.25) is 9.59 Å². The minimum Gasteiger partial charge on any atom is -0.465 e. The smallest absolute Gasteiger partial charge is 0.337 e. The lowest BCUT2D eigenvalue weighted by Crippen LogP contribution is -2.37. The maximum atomic E-state index is 11.9. The molecule has 24 heavy (non-hydrogen) atoms. The van der Waals surface area contributed by atoms with Crippen molar-refractivity contribution >= 4 is 23.5 Å². The Labute approximate surface area is 139 Å². The fraction of sp³-hybridized carbons (Fsp3) is 0.235. The normalized spacial score (nSPS) is 10.1. The summed E-state index contributed by atoms with van der Waals surface area (Å²) >= 11 is 0. The lowest BCUT2D eigenvalue weighted by molar-refractivity contribution is -0.116. The number of amides is 2. The van der Waals surface area contributed by atoms with E-state index in [-0.39, 0.29) is 30.7 Å². The predicted molar refractivity (Wildman–Crippen MR) is 86.8 cm³/mol. The Morgan fingerprint density at radius 2 is 2.00 bits per heavy atom. The summed E-state index contributed by atoms with van der Waals surface area (Å²) in [6, 6.07) is 9.72. The number of esters is 1. The van der Waals surface area contributed by atoms with Crippen molar-refractivity contribution in [3.63, 3.8) is 0 Å². The first kappa shape index (κ1) is 17.3. The molecule has 0 saturated carbocycles. The molecule has 0 aliphatic heterocycles. The zero-order chi connectivity index (χ0) is 17.5. The number of benzene rings is 1. The van der Waals surface area contributed by atoms with Gasteiger partial charge in [-0.2, -0.15) is 0 Å². The van der Waals surface area contributed by atoms with Crippen molar-refractivity contribution in [3.05, 3.63) is 54.0 Å². The van der Waals surface area contributed by atoms with Gasteiger partial charge in [0, 0.05) is 25.7 Å². The number of nitrogens with zero attached hydrogens (tertiary/aromatic N) is 1. The van der Waals surface area contributed by atoms with Gasteiger partial charge in [0.25, 0.3) is 5.91 Å². The van der Waals surface area contributed by atoms with Gasteiger partial charge >= 0.3 is 5.97 Å². The summed E-state index contributed by atoms with van der Waals surface area (Å²) in [6.07, 6.45) is 1.41. The molecule has 0 unspecified atom stereocenters. The van der Waals surface area contributed by atoms with Crippen LogP contribution in [0.1, 0.15) is 27.8 Å². The van der Waals surface area contributed by atoms with E-state index in [1.54, 1.807) is 36.4 Å². The van der Waals surface area contributed by atoms with Crippen LogP contribution in [0.5, 0.6) is 0 Å². The molecule has 2 rings (SSSR count).